The van der Waals surface area contributed by atoms with Crippen LogP contribution in [-0.4, -0.2) is 17.2 Å². The van der Waals surface area contributed by atoms with E-state index in [1.54, 1.807) is 19.1 Å². The molecule has 1 aromatic heterocycles. The maximum Gasteiger partial charge on any atom is 0.268 e. The van der Waals surface area contributed by atoms with Gasteiger partial charge in [0.05, 0.1) is 7.11 Å². The van der Waals surface area contributed by atoms with Crippen LogP contribution in [0.25, 0.3) is 11.1 Å². The van der Waals surface area contributed by atoms with Crippen molar-refractivity contribution in [3.8, 4) is 34.8 Å². The second-order valence-corrected chi connectivity index (χ2v) is 4.55. The highest BCUT2D eigenvalue weighted by atomic mass is 16.5. The Labute approximate surface area is 125 Å². The van der Waals surface area contributed by atoms with Crippen molar-refractivity contribution >= 4 is 5.82 Å². The Kier molecular flexibility index (Phi) is 3.74. The highest BCUT2D eigenvalue weighted by Gasteiger charge is 2.22. The molecule has 22 heavy (non-hydrogen) atoms. The first-order valence-electron chi connectivity index (χ1n) is 6.18. The van der Waals surface area contributed by atoms with Gasteiger partial charge in [0, 0.05) is 17.2 Å². The highest BCUT2D eigenvalue weighted by Crippen LogP contribution is 2.39. The molecule has 0 aliphatic heterocycles. The molecule has 7 nitrogen and oxygen atoms in total. The summed E-state index contributed by atoms with van der Waals surface area (Å²) in [5.41, 5.74) is 5.34. The van der Waals surface area contributed by atoms with Crippen molar-refractivity contribution in [3.05, 3.63) is 39.2 Å². The molecule has 4 N–H and O–H groups in total. The first kappa shape index (κ1) is 14.9. The second kappa shape index (κ2) is 5.51. The van der Waals surface area contributed by atoms with Gasteiger partial charge in [-0.25, -0.2) is 0 Å². The van der Waals surface area contributed by atoms with E-state index in [4.69, 9.17) is 10.5 Å². The van der Waals surface area contributed by atoms with Crippen LogP contribution in [0.5, 0.6) is 11.5 Å². The second-order valence-electron chi connectivity index (χ2n) is 4.55. The number of nitrogens with two attached hydrogens (primary N) is 1. The van der Waals surface area contributed by atoms with E-state index in [1.807, 2.05) is 6.07 Å². The van der Waals surface area contributed by atoms with Crippen molar-refractivity contribution in [2.75, 3.05) is 12.8 Å². The number of ether oxygens (including phenoxy) is 1. The van der Waals surface area contributed by atoms with Crippen LogP contribution in [0.3, 0.4) is 0 Å². The quantitative estimate of drug-likeness (QED) is 0.766. The Morgan fingerprint density at radius 3 is 2.36 bits per heavy atom. The van der Waals surface area contributed by atoms with Crippen molar-refractivity contribution in [2.45, 2.75) is 6.92 Å². The SMILES string of the molecule is COc1cc(C)c(-c2c(C#N)c(N)[nH]c(=O)c2C#N)c(O)c1. The fraction of sp³-hybridized carbons (Fsp3) is 0.133. The number of aromatic nitrogens is 1. The lowest BCUT2D eigenvalue weighted by molar-refractivity contribution is 0.407. The summed E-state index contributed by atoms with van der Waals surface area (Å²) in [6.45, 7) is 1.66. The Balaban J connectivity index is 2.99. The van der Waals surface area contributed by atoms with E-state index in [0.29, 0.717) is 11.3 Å². The van der Waals surface area contributed by atoms with Crippen molar-refractivity contribution in [1.82, 2.24) is 4.98 Å². The normalized spacial score (nSPS) is 9.82. The molecule has 110 valence electrons. The number of H-pyrrole nitrogens is 1. The fourth-order valence-electron chi connectivity index (χ4n) is 2.27. The van der Waals surface area contributed by atoms with Gasteiger partial charge in [-0.05, 0) is 18.6 Å². The summed E-state index contributed by atoms with van der Waals surface area (Å²) >= 11 is 0. The molecule has 0 aliphatic rings. The smallest absolute Gasteiger partial charge is 0.268 e. The lowest BCUT2D eigenvalue weighted by Crippen LogP contribution is -2.16. The molecule has 0 aliphatic carbocycles. The maximum atomic E-state index is 11.9. The number of aryl methyl sites for hydroxylation is 1. The third-order valence-corrected chi connectivity index (χ3v) is 3.24. The van der Waals surface area contributed by atoms with Crippen LogP contribution < -0.4 is 16.0 Å². The molecule has 0 saturated carbocycles. The van der Waals surface area contributed by atoms with Crippen LogP contribution in [0, 0.1) is 29.6 Å². The molecule has 7 heteroatoms. The van der Waals surface area contributed by atoms with E-state index in [9.17, 15) is 20.4 Å². The lowest BCUT2D eigenvalue weighted by Gasteiger charge is -2.14. The minimum absolute atomic E-state index is 0.0175. The van der Waals surface area contributed by atoms with Crippen molar-refractivity contribution in [2.24, 2.45) is 0 Å². The first-order chi connectivity index (χ1) is 10.4. The van der Waals surface area contributed by atoms with Crippen LogP contribution in [0.4, 0.5) is 5.82 Å². The van der Waals surface area contributed by atoms with Gasteiger partial charge in [-0.2, -0.15) is 10.5 Å². The van der Waals surface area contributed by atoms with Gasteiger partial charge in [-0.3, -0.25) is 4.79 Å². The molecule has 0 unspecified atom stereocenters. The Bertz CT molecular complexity index is 878. The predicted octanol–water partition coefficient (Wildman–Crippen LogP) is 1.39. The summed E-state index contributed by atoms with van der Waals surface area (Å²) in [6.07, 6.45) is 0. The molecule has 1 aromatic carbocycles. The molecular formula is C15H12N4O3. The van der Waals surface area contributed by atoms with Crippen molar-refractivity contribution in [1.29, 1.82) is 10.5 Å². The zero-order valence-corrected chi connectivity index (χ0v) is 11.9. The standard InChI is InChI=1S/C15H12N4O3/c1-7-3-8(22-2)4-11(20)12(7)13-9(5-16)14(18)19-15(21)10(13)6-17/h3-4,20H,1-2H3,(H3,18,19,21). The minimum Gasteiger partial charge on any atom is -0.507 e. The van der Waals surface area contributed by atoms with Crippen molar-refractivity contribution in [3.63, 3.8) is 0 Å². The number of hydrogen-bond donors (Lipinski definition) is 3. The lowest BCUT2D eigenvalue weighted by atomic mass is 9.92. The molecule has 0 atom stereocenters. The number of nitrogens with one attached hydrogen (secondary N) is 1. The molecule has 0 amide bonds. The number of aromatic hydroxyl groups is 1. The average Bonchev–Trinajstić information content (AvgIpc) is 2.46. The molecule has 1 heterocycles. The number of methoxy groups -OCH3 is 1. The molecule has 0 spiro atoms. The Morgan fingerprint density at radius 1 is 1.23 bits per heavy atom. The largest absolute Gasteiger partial charge is 0.507 e. The summed E-state index contributed by atoms with van der Waals surface area (Å²) in [4.78, 5) is 14.2. The molecule has 0 bridgehead atoms. The summed E-state index contributed by atoms with van der Waals surface area (Å²) < 4.78 is 5.04. The summed E-state index contributed by atoms with van der Waals surface area (Å²) in [7, 11) is 1.44. The van der Waals surface area contributed by atoms with Gasteiger partial charge in [-0.1, -0.05) is 0 Å². The number of rotatable bonds is 2. The number of benzene rings is 1. The van der Waals surface area contributed by atoms with Gasteiger partial charge in [0.1, 0.15) is 40.6 Å². The molecule has 2 aromatic rings. The summed E-state index contributed by atoms with van der Waals surface area (Å²) in [6, 6.07) is 6.57. The number of nitrogen functional groups attached to an aromatic ring is 1. The number of nitrogens with zero attached hydrogens (tertiary/aromatic N) is 2. The third-order valence-electron chi connectivity index (χ3n) is 3.24. The van der Waals surface area contributed by atoms with Crippen LogP contribution >= 0.6 is 0 Å². The molecule has 0 fully saturated rings. The third kappa shape index (κ3) is 2.21. The Hall–Kier alpha value is -3.45. The average molecular weight is 296 g/mol. The van der Waals surface area contributed by atoms with E-state index in [-0.39, 0.29) is 33.8 Å². The van der Waals surface area contributed by atoms with Crippen LogP contribution in [0.2, 0.25) is 0 Å². The molecular weight excluding hydrogens is 284 g/mol. The first-order valence-corrected chi connectivity index (χ1v) is 6.18. The predicted molar refractivity (Wildman–Crippen MR) is 79.3 cm³/mol. The maximum absolute atomic E-state index is 11.9. The summed E-state index contributed by atoms with van der Waals surface area (Å²) in [5, 5.41) is 28.7. The van der Waals surface area contributed by atoms with Gasteiger partial charge in [0.2, 0.25) is 0 Å². The molecule has 0 radical (unpaired) electrons. The van der Waals surface area contributed by atoms with E-state index in [2.05, 4.69) is 4.98 Å². The molecule has 0 saturated heterocycles. The number of aromatic amines is 1. The van der Waals surface area contributed by atoms with Gasteiger partial charge in [0.25, 0.3) is 5.56 Å². The number of nitriles is 2. The van der Waals surface area contributed by atoms with E-state index in [0.717, 1.165) is 0 Å². The zero-order chi connectivity index (χ0) is 16.4. The van der Waals surface area contributed by atoms with Gasteiger partial charge >= 0.3 is 0 Å². The Morgan fingerprint density at radius 2 is 1.86 bits per heavy atom. The minimum atomic E-state index is -0.719. The zero-order valence-electron chi connectivity index (χ0n) is 11.9. The van der Waals surface area contributed by atoms with Gasteiger partial charge in [-0.15, -0.1) is 0 Å². The number of phenols is 1. The van der Waals surface area contributed by atoms with Crippen LogP contribution in [-0.2, 0) is 0 Å². The number of hydrogen-bond acceptors (Lipinski definition) is 6. The van der Waals surface area contributed by atoms with Crippen LogP contribution in [0.15, 0.2) is 16.9 Å². The molecule has 2 rings (SSSR count). The number of pyridine rings is 1. The monoisotopic (exact) mass is 296 g/mol. The number of phenolic OH excluding ortho intramolecular Hbond substituents is 1. The topological polar surface area (TPSA) is 136 Å². The van der Waals surface area contributed by atoms with Crippen LogP contribution in [0.1, 0.15) is 16.7 Å². The number of anilines is 1. The van der Waals surface area contributed by atoms with E-state index < -0.39 is 5.56 Å². The van der Waals surface area contributed by atoms with E-state index in [1.165, 1.54) is 13.2 Å². The van der Waals surface area contributed by atoms with Crippen molar-refractivity contribution < 1.29 is 9.84 Å². The van der Waals surface area contributed by atoms with Gasteiger partial charge < -0.3 is 20.6 Å². The summed E-state index contributed by atoms with van der Waals surface area (Å²) in [5.74, 6) is 0.0412. The highest BCUT2D eigenvalue weighted by molar-refractivity contribution is 5.85. The van der Waals surface area contributed by atoms with Gasteiger partial charge in [0.15, 0.2) is 0 Å². The van der Waals surface area contributed by atoms with E-state index >= 15 is 0 Å². The fourth-order valence-corrected chi connectivity index (χ4v) is 2.27.